The Labute approximate surface area is 186 Å². The van der Waals surface area contributed by atoms with Crippen LogP contribution >= 0.6 is 10.5 Å². The molecule has 2 heterocycles. The van der Waals surface area contributed by atoms with Crippen LogP contribution in [0.4, 0.5) is 0 Å². The first-order valence-corrected chi connectivity index (χ1v) is 12.3. The van der Waals surface area contributed by atoms with Crippen LogP contribution in [-0.2, 0) is 14.9 Å². The predicted molar refractivity (Wildman–Crippen MR) is 129 cm³/mol. The van der Waals surface area contributed by atoms with Gasteiger partial charge in [-0.1, -0.05) is 45.0 Å². The lowest BCUT2D eigenvalue weighted by molar-refractivity contribution is -0.115. The molecule has 1 unspecified atom stereocenters. The third kappa shape index (κ3) is 4.75. The third-order valence-electron chi connectivity index (χ3n) is 6.12. The average molecular weight is 439 g/mol. The highest BCUT2D eigenvalue weighted by atomic mass is 32.2. The van der Waals surface area contributed by atoms with Gasteiger partial charge in [0.2, 0.25) is 0 Å². The van der Waals surface area contributed by atoms with Crippen LogP contribution in [0.2, 0.25) is 0 Å². The maximum absolute atomic E-state index is 12.1. The van der Waals surface area contributed by atoms with Gasteiger partial charge in [0.1, 0.15) is 5.75 Å². The molecule has 2 aliphatic heterocycles. The van der Waals surface area contributed by atoms with E-state index >= 15 is 0 Å². The van der Waals surface area contributed by atoms with Gasteiger partial charge in [0, 0.05) is 18.7 Å². The minimum Gasteiger partial charge on any atom is -0.508 e. The van der Waals surface area contributed by atoms with E-state index < -0.39 is 0 Å². The van der Waals surface area contributed by atoms with Gasteiger partial charge >= 0.3 is 0 Å². The van der Waals surface area contributed by atoms with Crippen molar-refractivity contribution < 1.29 is 14.6 Å². The van der Waals surface area contributed by atoms with E-state index in [1.54, 1.807) is 6.07 Å². The molecule has 0 saturated carbocycles. The van der Waals surface area contributed by atoms with Crippen molar-refractivity contribution in [3.63, 3.8) is 0 Å². The van der Waals surface area contributed by atoms with Crippen molar-refractivity contribution >= 4 is 26.9 Å². The maximum Gasteiger partial charge on any atom is 0.258 e. The van der Waals surface area contributed by atoms with Crippen LogP contribution in [-0.4, -0.2) is 58.5 Å². The fraction of sp³-hybridized carbons (Fsp3) is 0.400. The first-order valence-electron chi connectivity index (χ1n) is 10.8. The molecule has 31 heavy (non-hydrogen) atoms. The molecule has 1 amide bonds. The number of aliphatic imine (C=N–C) groups is 1. The zero-order chi connectivity index (χ0) is 22.0. The summed E-state index contributed by atoms with van der Waals surface area (Å²) in [4.78, 5) is 18.6. The number of phenols is 1. The molecule has 0 aliphatic carbocycles. The lowest BCUT2D eigenvalue weighted by Gasteiger charge is -2.29. The Hall–Kier alpha value is -2.44. The molecular formula is C25H30N2O3S. The number of benzene rings is 2. The zero-order valence-corrected chi connectivity index (χ0v) is 19.2. The standard InChI is InChI=1S/C25H30N2O3S/c1-4-25(2,3)21-15-20(8-9-22(21)28)19-7-5-6-18(14-19)16-31-17-23(29)26-24(31)27-10-12-30-13-11-27/h5-9,14-16,28H,4,10-13,17H2,1-3H3. The molecule has 164 valence electrons. The molecule has 0 aromatic heterocycles. The number of amidine groups is 1. The summed E-state index contributed by atoms with van der Waals surface area (Å²) >= 11 is 0. The van der Waals surface area contributed by atoms with Crippen molar-refractivity contribution in [2.24, 2.45) is 4.99 Å². The van der Waals surface area contributed by atoms with E-state index in [-0.39, 0.29) is 21.8 Å². The van der Waals surface area contributed by atoms with Crippen LogP contribution in [0.1, 0.15) is 38.3 Å². The van der Waals surface area contributed by atoms with Crippen LogP contribution in [0, 0.1) is 0 Å². The first kappa shape index (κ1) is 21.8. The summed E-state index contributed by atoms with van der Waals surface area (Å²) in [7, 11) is -0.326. The molecule has 0 spiro atoms. The number of rotatable bonds is 4. The summed E-state index contributed by atoms with van der Waals surface area (Å²) in [6.07, 6.45) is 0.943. The summed E-state index contributed by atoms with van der Waals surface area (Å²) in [5, 5.41) is 13.5. The second-order valence-electron chi connectivity index (χ2n) is 8.67. The highest BCUT2D eigenvalue weighted by Crippen LogP contribution is 2.36. The molecule has 2 aliphatic rings. The van der Waals surface area contributed by atoms with Gasteiger partial charge < -0.3 is 14.7 Å². The van der Waals surface area contributed by atoms with Gasteiger partial charge in [-0.05, 0) is 52.1 Å². The van der Waals surface area contributed by atoms with Gasteiger partial charge in [-0.3, -0.25) is 4.79 Å². The quantitative estimate of drug-likeness (QED) is 0.719. The Morgan fingerprint density at radius 2 is 1.90 bits per heavy atom. The van der Waals surface area contributed by atoms with Gasteiger partial charge in [-0.25, -0.2) is 0 Å². The Kier molecular flexibility index (Phi) is 6.30. The first-order chi connectivity index (χ1) is 14.9. The van der Waals surface area contributed by atoms with E-state index in [0.717, 1.165) is 46.9 Å². The van der Waals surface area contributed by atoms with Gasteiger partial charge in [0.15, 0.2) is 5.17 Å². The fourth-order valence-electron chi connectivity index (χ4n) is 3.88. The lowest BCUT2D eigenvalue weighted by Crippen LogP contribution is -2.39. The SMILES string of the molecule is CCC(C)(C)c1cc(-c2cccc(C=S3CC(=O)N=C3N3CCOCC3)c2)ccc1O. The second kappa shape index (κ2) is 8.97. The van der Waals surface area contributed by atoms with E-state index in [2.05, 4.69) is 60.3 Å². The minimum absolute atomic E-state index is 0.0396. The number of ether oxygens (including phenoxy) is 1. The molecule has 6 heteroatoms. The molecular weight excluding hydrogens is 408 g/mol. The summed E-state index contributed by atoms with van der Waals surface area (Å²) in [5.41, 5.74) is 4.13. The highest BCUT2D eigenvalue weighted by molar-refractivity contribution is 8.28. The molecule has 1 atom stereocenters. The van der Waals surface area contributed by atoms with E-state index in [0.29, 0.717) is 24.7 Å². The molecule has 4 rings (SSSR count). The van der Waals surface area contributed by atoms with Crippen molar-refractivity contribution in [1.82, 2.24) is 4.90 Å². The van der Waals surface area contributed by atoms with Crippen molar-refractivity contribution in [3.8, 4) is 16.9 Å². The maximum atomic E-state index is 12.1. The fourth-order valence-corrected chi connectivity index (χ4v) is 5.74. The number of nitrogens with zero attached hydrogens (tertiary/aromatic N) is 2. The molecule has 2 aromatic rings. The van der Waals surface area contributed by atoms with E-state index in [9.17, 15) is 9.90 Å². The number of carbonyl (C=O) groups is 1. The summed E-state index contributed by atoms with van der Waals surface area (Å²) in [6, 6.07) is 14.2. The number of hydrogen-bond acceptors (Lipinski definition) is 4. The Balaban J connectivity index is 1.66. The minimum atomic E-state index is -0.326. The Morgan fingerprint density at radius 1 is 1.16 bits per heavy atom. The van der Waals surface area contributed by atoms with Crippen molar-refractivity contribution in [1.29, 1.82) is 0 Å². The van der Waals surface area contributed by atoms with Gasteiger partial charge in [-0.15, -0.1) is 10.5 Å². The van der Waals surface area contributed by atoms with E-state index in [4.69, 9.17) is 4.74 Å². The van der Waals surface area contributed by atoms with Crippen LogP contribution < -0.4 is 0 Å². The second-order valence-corrected chi connectivity index (χ2v) is 10.4. The number of phenolic OH excluding ortho intramolecular Hbond substituents is 1. The molecule has 2 aromatic carbocycles. The number of amides is 1. The van der Waals surface area contributed by atoms with E-state index in [1.807, 2.05) is 12.1 Å². The number of carbonyl (C=O) groups excluding carboxylic acids is 1. The molecule has 0 radical (unpaired) electrons. The molecule has 1 fully saturated rings. The number of hydrogen-bond donors (Lipinski definition) is 1. The van der Waals surface area contributed by atoms with Crippen molar-refractivity contribution in [2.75, 3.05) is 32.1 Å². The van der Waals surface area contributed by atoms with Crippen molar-refractivity contribution in [3.05, 3.63) is 53.6 Å². The van der Waals surface area contributed by atoms with Crippen LogP contribution in [0.15, 0.2) is 47.5 Å². The Bertz CT molecular complexity index is 1050. The van der Waals surface area contributed by atoms with Gasteiger partial charge in [0.25, 0.3) is 5.91 Å². The predicted octanol–water partition coefficient (Wildman–Crippen LogP) is 4.39. The largest absolute Gasteiger partial charge is 0.508 e. The van der Waals surface area contributed by atoms with Crippen LogP contribution in [0.3, 0.4) is 0 Å². The van der Waals surface area contributed by atoms with E-state index in [1.165, 1.54) is 0 Å². The normalized spacial score (nSPS) is 19.7. The molecule has 1 N–H and O–H groups in total. The monoisotopic (exact) mass is 438 g/mol. The third-order valence-corrected chi connectivity index (χ3v) is 8.06. The van der Waals surface area contributed by atoms with Gasteiger partial charge in [0.05, 0.1) is 19.0 Å². The van der Waals surface area contributed by atoms with Gasteiger partial charge in [-0.2, -0.15) is 4.99 Å². The zero-order valence-electron chi connectivity index (χ0n) is 18.4. The van der Waals surface area contributed by atoms with Crippen LogP contribution in [0.25, 0.3) is 11.1 Å². The summed E-state index contributed by atoms with van der Waals surface area (Å²) in [6.45, 7) is 9.37. The van der Waals surface area contributed by atoms with Crippen LogP contribution in [0.5, 0.6) is 5.75 Å². The molecule has 1 saturated heterocycles. The number of aromatic hydroxyl groups is 1. The van der Waals surface area contributed by atoms with Crippen molar-refractivity contribution in [2.45, 2.75) is 32.6 Å². The summed E-state index contributed by atoms with van der Waals surface area (Å²) in [5.74, 6) is 0.753. The highest BCUT2D eigenvalue weighted by Gasteiger charge is 2.26. The lowest BCUT2D eigenvalue weighted by atomic mass is 9.80. The molecule has 0 bridgehead atoms. The summed E-state index contributed by atoms with van der Waals surface area (Å²) < 4.78 is 5.45. The molecule has 5 nitrogen and oxygen atoms in total. The smallest absolute Gasteiger partial charge is 0.258 e. The Morgan fingerprint density at radius 3 is 2.65 bits per heavy atom. The topological polar surface area (TPSA) is 62.1 Å². The average Bonchev–Trinajstić information content (AvgIpc) is 3.14. The number of morpholine rings is 1.